The van der Waals surface area contributed by atoms with E-state index in [9.17, 15) is 0 Å². The first-order valence-electron chi connectivity index (χ1n) is 6.46. The second-order valence-corrected chi connectivity index (χ2v) is 4.66. The molecule has 0 unspecified atom stereocenters. The molecule has 0 aromatic heterocycles. The third-order valence-electron chi connectivity index (χ3n) is 3.15. The van der Waals surface area contributed by atoms with Crippen molar-refractivity contribution in [1.82, 2.24) is 0 Å². The molecule has 0 N–H and O–H groups in total. The lowest BCUT2D eigenvalue weighted by Gasteiger charge is -2.04. The number of unbranched alkanes of at least 4 members (excludes halogenated alkanes) is 1. The van der Waals surface area contributed by atoms with E-state index in [4.69, 9.17) is 0 Å². The highest BCUT2D eigenvalue weighted by atomic mass is 14.0. The minimum absolute atomic E-state index is 1.21. The van der Waals surface area contributed by atoms with Crippen LogP contribution in [0.5, 0.6) is 0 Å². The zero-order chi connectivity index (χ0) is 12.1. The van der Waals surface area contributed by atoms with Crippen LogP contribution >= 0.6 is 0 Å². The second-order valence-electron chi connectivity index (χ2n) is 4.66. The van der Waals surface area contributed by atoms with Gasteiger partial charge >= 0.3 is 0 Å². The van der Waals surface area contributed by atoms with Gasteiger partial charge in [-0.05, 0) is 36.1 Å². The number of fused-ring (bicyclic) bond motifs is 1. The van der Waals surface area contributed by atoms with Gasteiger partial charge in [-0.3, -0.25) is 0 Å². The van der Waals surface area contributed by atoms with Crippen LogP contribution < -0.4 is 0 Å². The summed E-state index contributed by atoms with van der Waals surface area (Å²) in [6, 6.07) is 15.1. The minimum atomic E-state index is 1.21. The molecule has 17 heavy (non-hydrogen) atoms. The third-order valence-corrected chi connectivity index (χ3v) is 3.15. The van der Waals surface area contributed by atoms with E-state index in [1.165, 1.54) is 41.2 Å². The lowest BCUT2D eigenvalue weighted by molar-refractivity contribution is 0.790. The first kappa shape index (κ1) is 11.9. The molecule has 0 heteroatoms. The van der Waals surface area contributed by atoms with Gasteiger partial charge < -0.3 is 0 Å². The van der Waals surface area contributed by atoms with Crippen molar-refractivity contribution < 1.29 is 0 Å². The summed E-state index contributed by atoms with van der Waals surface area (Å²) >= 11 is 0. The van der Waals surface area contributed by atoms with Gasteiger partial charge in [0.2, 0.25) is 0 Å². The Hall–Kier alpha value is -1.56. The van der Waals surface area contributed by atoms with Crippen LogP contribution in [-0.4, -0.2) is 0 Å². The summed E-state index contributed by atoms with van der Waals surface area (Å²) in [7, 11) is 0. The number of hydrogen-bond donors (Lipinski definition) is 0. The van der Waals surface area contributed by atoms with Crippen LogP contribution in [0.3, 0.4) is 0 Å². The summed E-state index contributed by atoms with van der Waals surface area (Å²) in [5, 5.41) is 2.68. The van der Waals surface area contributed by atoms with Gasteiger partial charge in [0.15, 0.2) is 0 Å². The molecule has 0 heterocycles. The number of allylic oxidation sites excluding steroid dienone is 1. The molecule has 0 saturated heterocycles. The van der Waals surface area contributed by atoms with E-state index < -0.39 is 0 Å². The molecule has 2 aromatic carbocycles. The maximum atomic E-state index is 2.33. The molecule has 2 aromatic rings. The summed E-state index contributed by atoms with van der Waals surface area (Å²) < 4.78 is 0. The van der Waals surface area contributed by atoms with Gasteiger partial charge in [0.25, 0.3) is 0 Å². The molecule has 0 radical (unpaired) electrons. The molecule has 0 fully saturated rings. The average Bonchev–Trinajstić information content (AvgIpc) is 2.37. The van der Waals surface area contributed by atoms with E-state index in [1.54, 1.807) is 0 Å². The van der Waals surface area contributed by atoms with E-state index in [-0.39, 0.29) is 0 Å². The van der Waals surface area contributed by atoms with E-state index in [0.717, 1.165) is 0 Å². The van der Waals surface area contributed by atoms with Crippen LogP contribution in [0.15, 0.2) is 48.0 Å². The molecular weight excluding hydrogens is 204 g/mol. The molecule has 0 nitrogen and oxygen atoms in total. The summed E-state index contributed by atoms with van der Waals surface area (Å²) in [5.74, 6) is 0. The van der Waals surface area contributed by atoms with Crippen molar-refractivity contribution in [2.75, 3.05) is 0 Å². The molecule has 0 aliphatic rings. The van der Waals surface area contributed by atoms with Gasteiger partial charge in [0.1, 0.15) is 0 Å². The van der Waals surface area contributed by atoms with Crippen LogP contribution in [0.25, 0.3) is 16.8 Å². The topological polar surface area (TPSA) is 0 Å². The van der Waals surface area contributed by atoms with Gasteiger partial charge in [-0.2, -0.15) is 0 Å². The Balaban J connectivity index is 2.35. The fourth-order valence-electron chi connectivity index (χ4n) is 2.17. The molecule has 0 spiro atoms. The highest BCUT2D eigenvalue weighted by Gasteiger charge is 1.98. The molecule has 0 amide bonds. The molecule has 0 saturated carbocycles. The van der Waals surface area contributed by atoms with Crippen molar-refractivity contribution in [3.63, 3.8) is 0 Å². The van der Waals surface area contributed by atoms with Gasteiger partial charge in [-0.25, -0.2) is 0 Å². The Labute approximate surface area is 104 Å². The first-order valence-corrected chi connectivity index (χ1v) is 6.46. The lowest BCUT2D eigenvalue weighted by atomic mass is 10.0. The van der Waals surface area contributed by atoms with Crippen molar-refractivity contribution >= 4 is 16.8 Å². The quantitative estimate of drug-likeness (QED) is 0.649. The molecule has 88 valence electrons. The second kappa shape index (κ2) is 5.67. The van der Waals surface area contributed by atoms with E-state index in [2.05, 4.69) is 62.4 Å². The lowest BCUT2D eigenvalue weighted by Crippen LogP contribution is -1.81. The smallest absolute Gasteiger partial charge is 0.0111 e. The maximum Gasteiger partial charge on any atom is -0.0111 e. The Morgan fingerprint density at radius 1 is 1.06 bits per heavy atom. The Kier molecular flexibility index (Phi) is 3.98. The summed E-state index contributed by atoms with van der Waals surface area (Å²) in [5.41, 5.74) is 2.82. The first-order chi connectivity index (χ1) is 8.31. The van der Waals surface area contributed by atoms with Crippen molar-refractivity contribution in [2.24, 2.45) is 0 Å². The van der Waals surface area contributed by atoms with Crippen molar-refractivity contribution in [2.45, 2.75) is 33.1 Å². The fourth-order valence-corrected chi connectivity index (χ4v) is 2.17. The van der Waals surface area contributed by atoms with Gasteiger partial charge in [0, 0.05) is 0 Å². The van der Waals surface area contributed by atoms with Crippen LogP contribution in [0.1, 0.15) is 38.7 Å². The summed E-state index contributed by atoms with van der Waals surface area (Å²) in [4.78, 5) is 0. The predicted octanol–water partition coefficient (Wildman–Crippen LogP) is 5.43. The van der Waals surface area contributed by atoms with Gasteiger partial charge in [0.05, 0.1) is 0 Å². The predicted molar refractivity (Wildman–Crippen MR) is 77.1 cm³/mol. The highest BCUT2D eigenvalue weighted by molar-refractivity contribution is 5.90. The number of benzene rings is 2. The largest absolute Gasteiger partial charge is 0.0727 e. The normalized spacial score (nSPS) is 12.0. The number of rotatable bonds is 4. The van der Waals surface area contributed by atoms with E-state index in [1.807, 2.05) is 0 Å². The van der Waals surface area contributed by atoms with Gasteiger partial charge in [-0.15, -0.1) is 0 Å². The summed E-state index contributed by atoms with van der Waals surface area (Å²) in [6.07, 6.45) is 6.09. The van der Waals surface area contributed by atoms with E-state index in [0.29, 0.717) is 0 Å². The average molecular weight is 224 g/mol. The Bertz CT molecular complexity index is 515. The summed E-state index contributed by atoms with van der Waals surface area (Å²) in [6.45, 7) is 4.47. The standard InChI is InChI=1S/C17H20/c1-3-4-8-14(2)13-16-11-7-10-15-9-5-6-12-17(15)16/h5-7,9-13H,3-4,8H2,1-2H3/b14-13-. The molecule has 2 rings (SSSR count). The Morgan fingerprint density at radius 3 is 2.65 bits per heavy atom. The van der Waals surface area contributed by atoms with Crippen LogP contribution in [-0.2, 0) is 0 Å². The molecular formula is C17H20. The fraction of sp³-hybridized carbons (Fsp3) is 0.294. The molecule has 0 aliphatic heterocycles. The van der Waals surface area contributed by atoms with Crippen molar-refractivity contribution in [3.05, 3.63) is 53.6 Å². The zero-order valence-electron chi connectivity index (χ0n) is 10.7. The third kappa shape index (κ3) is 2.97. The SMILES string of the molecule is CCCC/C(C)=C\c1cccc2ccccc12. The number of hydrogen-bond acceptors (Lipinski definition) is 0. The van der Waals surface area contributed by atoms with Crippen LogP contribution in [0.4, 0.5) is 0 Å². The molecule has 0 aliphatic carbocycles. The minimum Gasteiger partial charge on any atom is -0.0727 e. The van der Waals surface area contributed by atoms with Crippen LogP contribution in [0.2, 0.25) is 0 Å². The van der Waals surface area contributed by atoms with Crippen LogP contribution in [0, 0.1) is 0 Å². The monoisotopic (exact) mass is 224 g/mol. The van der Waals surface area contributed by atoms with Crippen molar-refractivity contribution in [3.8, 4) is 0 Å². The zero-order valence-corrected chi connectivity index (χ0v) is 10.7. The molecule has 0 bridgehead atoms. The maximum absolute atomic E-state index is 2.33. The highest BCUT2D eigenvalue weighted by Crippen LogP contribution is 2.21. The van der Waals surface area contributed by atoms with Crippen molar-refractivity contribution in [1.29, 1.82) is 0 Å². The van der Waals surface area contributed by atoms with E-state index >= 15 is 0 Å². The molecule has 0 atom stereocenters. The Morgan fingerprint density at radius 2 is 1.82 bits per heavy atom. The van der Waals surface area contributed by atoms with Gasteiger partial charge in [-0.1, -0.05) is 67.5 Å².